The van der Waals surface area contributed by atoms with Crippen molar-refractivity contribution in [1.29, 1.82) is 0 Å². The van der Waals surface area contributed by atoms with Gasteiger partial charge >= 0.3 is 0 Å². The first-order valence-corrected chi connectivity index (χ1v) is 12.5. The molecule has 0 bridgehead atoms. The van der Waals surface area contributed by atoms with Crippen molar-refractivity contribution in [2.75, 3.05) is 0 Å². The second kappa shape index (κ2) is 7.69. The average molecular weight is 459 g/mol. The van der Waals surface area contributed by atoms with E-state index in [1.807, 2.05) is 6.20 Å². The standard InChI is InChI=1S/C30H42N4/c1-27(2,3)19-15-22-21(12-13-31-22)34-26(19)30(10,11)16-18-14-23-25(33-18)24(29(7,8)9)20(17-32-23)28(4,5)6/h12-15,17,31,33H,16H2,1-11H3. The molecule has 4 rings (SSSR count). The van der Waals surface area contributed by atoms with Crippen LogP contribution in [0.15, 0.2) is 30.6 Å². The molecule has 0 aliphatic carbocycles. The molecule has 4 heterocycles. The van der Waals surface area contributed by atoms with E-state index in [0.717, 1.165) is 23.0 Å². The minimum atomic E-state index is -0.149. The molecule has 0 spiro atoms. The Morgan fingerprint density at radius 2 is 1.41 bits per heavy atom. The SMILES string of the molecule is CC(C)(C)c1cc2[nH]ccc2nc1C(C)(C)Cc1cc2ncc(C(C)(C)C)c(C(C)(C)C)c2[nH]1. The smallest absolute Gasteiger partial charge is 0.0884 e. The van der Waals surface area contributed by atoms with Gasteiger partial charge in [0.1, 0.15) is 0 Å². The van der Waals surface area contributed by atoms with Crippen LogP contribution in [0.3, 0.4) is 0 Å². The van der Waals surface area contributed by atoms with Crippen molar-refractivity contribution in [3.8, 4) is 0 Å². The number of aromatic amines is 2. The third-order valence-corrected chi connectivity index (χ3v) is 6.88. The van der Waals surface area contributed by atoms with Crippen molar-refractivity contribution in [2.45, 2.75) is 104 Å². The van der Waals surface area contributed by atoms with Gasteiger partial charge in [-0.15, -0.1) is 0 Å². The Balaban J connectivity index is 1.84. The van der Waals surface area contributed by atoms with E-state index >= 15 is 0 Å². The molecule has 0 aliphatic rings. The molecule has 0 radical (unpaired) electrons. The quantitative estimate of drug-likeness (QED) is 0.328. The highest BCUT2D eigenvalue weighted by Crippen LogP contribution is 2.40. The van der Waals surface area contributed by atoms with Crippen LogP contribution in [0.1, 0.15) is 104 Å². The first kappa shape index (κ1) is 24.5. The Bertz CT molecular complexity index is 1340. The van der Waals surface area contributed by atoms with Gasteiger partial charge in [0.15, 0.2) is 0 Å². The van der Waals surface area contributed by atoms with Gasteiger partial charge in [0, 0.05) is 23.5 Å². The van der Waals surface area contributed by atoms with E-state index in [4.69, 9.17) is 9.97 Å². The summed E-state index contributed by atoms with van der Waals surface area (Å²) < 4.78 is 0. The van der Waals surface area contributed by atoms with Crippen molar-refractivity contribution < 1.29 is 0 Å². The number of hydrogen-bond acceptors (Lipinski definition) is 2. The number of hydrogen-bond donors (Lipinski definition) is 2. The van der Waals surface area contributed by atoms with Crippen LogP contribution in [0.25, 0.3) is 22.1 Å². The van der Waals surface area contributed by atoms with Crippen LogP contribution in [0, 0.1) is 0 Å². The number of H-pyrrole nitrogens is 2. The second-order valence-corrected chi connectivity index (χ2v) is 13.7. The summed E-state index contributed by atoms with van der Waals surface area (Å²) in [6, 6.07) is 6.60. The van der Waals surface area contributed by atoms with Gasteiger partial charge in [0.05, 0.1) is 27.8 Å². The monoisotopic (exact) mass is 458 g/mol. The molecule has 0 aromatic carbocycles. The maximum Gasteiger partial charge on any atom is 0.0884 e. The van der Waals surface area contributed by atoms with Crippen molar-refractivity contribution >= 4 is 22.1 Å². The number of rotatable bonds is 3. The fourth-order valence-corrected chi connectivity index (χ4v) is 5.19. The normalized spacial score (nSPS) is 13.9. The summed E-state index contributed by atoms with van der Waals surface area (Å²) in [5.41, 5.74) is 10.6. The van der Waals surface area contributed by atoms with Crippen LogP contribution < -0.4 is 0 Å². The highest BCUT2D eigenvalue weighted by Gasteiger charge is 2.33. The van der Waals surface area contributed by atoms with Crippen molar-refractivity contribution in [2.24, 2.45) is 0 Å². The van der Waals surface area contributed by atoms with Gasteiger partial charge < -0.3 is 9.97 Å². The zero-order chi connectivity index (χ0) is 25.3. The van der Waals surface area contributed by atoms with E-state index in [2.05, 4.69) is 111 Å². The van der Waals surface area contributed by atoms with Crippen molar-refractivity contribution in [1.82, 2.24) is 19.9 Å². The number of fused-ring (bicyclic) bond motifs is 2. The van der Waals surface area contributed by atoms with Gasteiger partial charge in [-0.3, -0.25) is 9.97 Å². The van der Waals surface area contributed by atoms with Crippen LogP contribution in [-0.4, -0.2) is 19.9 Å². The lowest BCUT2D eigenvalue weighted by molar-refractivity contribution is 0.473. The molecule has 0 atom stereocenters. The van der Waals surface area contributed by atoms with Crippen molar-refractivity contribution in [3.05, 3.63) is 58.7 Å². The third kappa shape index (κ3) is 4.39. The molecule has 4 aromatic rings. The van der Waals surface area contributed by atoms with E-state index in [1.54, 1.807) is 0 Å². The highest BCUT2D eigenvalue weighted by atomic mass is 14.8. The van der Waals surface area contributed by atoms with E-state index in [-0.39, 0.29) is 21.7 Å². The Kier molecular flexibility index (Phi) is 5.54. The average Bonchev–Trinajstić information content (AvgIpc) is 3.28. The second-order valence-electron chi connectivity index (χ2n) is 13.7. The minimum absolute atomic E-state index is 0.00191. The molecule has 0 fully saturated rings. The first-order chi connectivity index (χ1) is 15.5. The van der Waals surface area contributed by atoms with Gasteiger partial charge in [0.2, 0.25) is 0 Å². The number of nitrogens with zero attached hydrogens (tertiary/aromatic N) is 2. The summed E-state index contributed by atoms with van der Waals surface area (Å²) in [4.78, 5) is 17.2. The Morgan fingerprint density at radius 1 is 0.765 bits per heavy atom. The van der Waals surface area contributed by atoms with Crippen LogP contribution in [0.5, 0.6) is 0 Å². The van der Waals surface area contributed by atoms with Gasteiger partial charge in [-0.1, -0.05) is 76.2 Å². The first-order valence-electron chi connectivity index (χ1n) is 12.5. The van der Waals surface area contributed by atoms with Gasteiger partial charge in [-0.25, -0.2) is 0 Å². The maximum absolute atomic E-state index is 5.17. The molecular formula is C30H42N4. The fraction of sp³-hybridized carbons (Fsp3) is 0.533. The summed E-state index contributed by atoms with van der Waals surface area (Å²) in [5.74, 6) is 0. The van der Waals surface area contributed by atoms with Gasteiger partial charge in [-0.05, 0) is 57.6 Å². The van der Waals surface area contributed by atoms with E-state index in [9.17, 15) is 0 Å². The van der Waals surface area contributed by atoms with Crippen LogP contribution in [0.4, 0.5) is 0 Å². The number of aromatic nitrogens is 4. The lowest BCUT2D eigenvalue weighted by Crippen LogP contribution is -2.28. The van der Waals surface area contributed by atoms with Crippen LogP contribution in [0.2, 0.25) is 0 Å². The summed E-state index contributed by atoms with van der Waals surface area (Å²) >= 11 is 0. The minimum Gasteiger partial charge on any atom is -0.360 e. The van der Waals surface area contributed by atoms with Crippen LogP contribution in [-0.2, 0) is 28.1 Å². The number of pyridine rings is 2. The fourth-order valence-electron chi connectivity index (χ4n) is 5.19. The Labute approximate surface area is 205 Å². The summed E-state index contributed by atoms with van der Waals surface area (Å²) in [6.07, 6.45) is 4.93. The van der Waals surface area contributed by atoms with E-state index in [0.29, 0.717) is 0 Å². The topological polar surface area (TPSA) is 57.4 Å². The summed E-state index contributed by atoms with van der Waals surface area (Å²) in [7, 11) is 0. The molecular weight excluding hydrogens is 416 g/mol. The molecule has 2 N–H and O–H groups in total. The Hall–Kier alpha value is -2.62. The third-order valence-electron chi connectivity index (χ3n) is 6.88. The molecule has 0 saturated carbocycles. The van der Waals surface area contributed by atoms with Crippen LogP contribution >= 0.6 is 0 Å². The zero-order valence-corrected chi connectivity index (χ0v) is 23.0. The van der Waals surface area contributed by atoms with E-state index in [1.165, 1.54) is 33.6 Å². The molecule has 4 nitrogen and oxygen atoms in total. The zero-order valence-electron chi connectivity index (χ0n) is 23.0. The lowest BCUT2D eigenvalue weighted by Gasteiger charge is -2.31. The predicted octanol–water partition coefficient (Wildman–Crippen LogP) is 7.85. The number of nitrogens with one attached hydrogen (secondary N) is 2. The lowest BCUT2D eigenvalue weighted by atomic mass is 9.75. The molecule has 182 valence electrons. The van der Waals surface area contributed by atoms with E-state index < -0.39 is 0 Å². The molecule has 4 heteroatoms. The largest absolute Gasteiger partial charge is 0.360 e. The highest BCUT2D eigenvalue weighted by molar-refractivity contribution is 5.82. The predicted molar refractivity (Wildman–Crippen MR) is 145 cm³/mol. The molecule has 0 saturated heterocycles. The molecule has 0 aliphatic heterocycles. The van der Waals surface area contributed by atoms with Gasteiger partial charge in [-0.2, -0.15) is 0 Å². The maximum atomic E-state index is 5.17. The molecule has 0 unspecified atom stereocenters. The molecule has 0 amide bonds. The van der Waals surface area contributed by atoms with Crippen molar-refractivity contribution in [3.63, 3.8) is 0 Å². The summed E-state index contributed by atoms with van der Waals surface area (Å²) in [6.45, 7) is 25.2. The van der Waals surface area contributed by atoms with Gasteiger partial charge in [0.25, 0.3) is 0 Å². The molecule has 4 aromatic heterocycles. The Morgan fingerprint density at radius 3 is 2.00 bits per heavy atom. The molecule has 34 heavy (non-hydrogen) atoms. The summed E-state index contributed by atoms with van der Waals surface area (Å²) in [5, 5.41) is 0.